The Morgan fingerprint density at radius 3 is 2.55 bits per heavy atom. The second kappa shape index (κ2) is 11.9. The third kappa shape index (κ3) is 5.81. The number of amides is 1. The Morgan fingerprint density at radius 2 is 1.73 bits per heavy atom. The van der Waals surface area contributed by atoms with Crippen molar-refractivity contribution in [2.45, 2.75) is 11.7 Å². The van der Waals surface area contributed by atoms with Crippen molar-refractivity contribution < 1.29 is 18.7 Å². The van der Waals surface area contributed by atoms with Crippen molar-refractivity contribution in [1.82, 2.24) is 19.4 Å². The molecule has 2 aliphatic rings. The maximum Gasteiger partial charge on any atom is 0.266 e. The highest BCUT2D eigenvalue weighted by Crippen LogP contribution is 2.33. The monoisotopic (exact) mass is 578 g/mol. The molecule has 3 heterocycles. The third-order valence-corrected chi connectivity index (χ3v) is 9.02. The average Bonchev–Trinajstić information content (AvgIpc) is 3.45. The molecule has 6 rings (SSSR count). The van der Waals surface area contributed by atoms with Crippen LogP contribution in [0.4, 0.5) is 4.39 Å². The van der Waals surface area contributed by atoms with Crippen LogP contribution >= 0.6 is 23.5 Å². The van der Waals surface area contributed by atoms with Gasteiger partial charge in [-0.1, -0.05) is 30.0 Å². The van der Waals surface area contributed by atoms with Gasteiger partial charge in [-0.15, -0.1) is 11.8 Å². The van der Waals surface area contributed by atoms with Crippen LogP contribution in [0.1, 0.15) is 5.56 Å². The van der Waals surface area contributed by atoms with E-state index in [2.05, 4.69) is 11.0 Å². The van der Waals surface area contributed by atoms with E-state index in [9.17, 15) is 14.0 Å². The summed E-state index contributed by atoms with van der Waals surface area (Å²) >= 11 is 2.90. The molecule has 8 nitrogen and oxygen atoms in total. The molecule has 1 amide bonds. The fraction of sp³-hybridized carbons (Fsp3) is 0.276. The van der Waals surface area contributed by atoms with Gasteiger partial charge in [-0.3, -0.25) is 19.1 Å². The highest BCUT2D eigenvalue weighted by atomic mass is 32.2. The molecule has 40 heavy (non-hydrogen) atoms. The van der Waals surface area contributed by atoms with E-state index >= 15 is 0 Å². The smallest absolute Gasteiger partial charge is 0.266 e. The first-order chi connectivity index (χ1) is 19.5. The van der Waals surface area contributed by atoms with Crippen LogP contribution in [0.3, 0.4) is 0 Å². The first kappa shape index (κ1) is 26.7. The van der Waals surface area contributed by atoms with E-state index in [1.807, 2.05) is 23.1 Å². The normalized spacial score (nSPS) is 15.1. The van der Waals surface area contributed by atoms with Gasteiger partial charge in [0.2, 0.25) is 12.7 Å². The molecular weight excluding hydrogens is 551 g/mol. The maximum absolute atomic E-state index is 13.5. The molecule has 4 aromatic rings. The summed E-state index contributed by atoms with van der Waals surface area (Å²) in [7, 11) is 0. The highest BCUT2D eigenvalue weighted by molar-refractivity contribution is 8.16. The summed E-state index contributed by atoms with van der Waals surface area (Å²) in [6, 6.07) is 19.0. The van der Waals surface area contributed by atoms with E-state index in [-0.39, 0.29) is 24.1 Å². The molecule has 0 saturated carbocycles. The minimum absolute atomic E-state index is 0.107. The third-order valence-electron chi connectivity index (χ3n) is 6.89. The van der Waals surface area contributed by atoms with Crippen LogP contribution in [-0.4, -0.2) is 69.1 Å². The summed E-state index contributed by atoms with van der Waals surface area (Å²) in [6.07, 6.45) is 0. The molecule has 206 valence electrons. The largest absolute Gasteiger partial charge is 0.454 e. The second-order valence-corrected chi connectivity index (χ2v) is 11.8. The standard InChI is InChI=1S/C29H27FN4O4S2/c30-21-6-8-22(9-7-21)34-28(36)23-3-1-2-4-24(23)31-29(34)40-19-39-17-27(35)33-13-11-32(12-14-33)16-20-5-10-25-26(15-20)38-18-37-25/h1-10,15H,11-14,16-19H2. The molecular formula is C29H27FN4O4S2. The number of para-hydroxylation sites is 1. The zero-order chi connectivity index (χ0) is 27.5. The van der Waals surface area contributed by atoms with Gasteiger partial charge in [0.05, 0.1) is 22.3 Å². The summed E-state index contributed by atoms with van der Waals surface area (Å²) in [5, 5.41) is 1.55. The summed E-state index contributed by atoms with van der Waals surface area (Å²) in [5.74, 6) is 1.65. The van der Waals surface area contributed by atoms with E-state index in [1.165, 1.54) is 40.2 Å². The number of rotatable bonds is 8. The number of aromatic nitrogens is 2. The Bertz CT molecular complexity index is 1590. The number of carbonyl (C=O) groups excluding carboxylic acids is 1. The van der Waals surface area contributed by atoms with E-state index in [0.717, 1.165) is 36.7 Å². The van der Waals surface area contributed by atoms with Gasteiger partial charge in [-0.05, 0) is 54.1 Å². The SMILES string of the molecule is O=C(CSCSc1nc2ccccc2c(=O)n1-c1ccc(F)cc1)N1CCN(Cc2ccc3c(c2)OCO3)CC1. The lowest BCUT2D eigenvalue weighted by molar-refractivity contribution is -0.130. The van der Waals surface area contributed by atoms with Crippen LogP contribution < -0.4 is 15.0 Å². The number of carbonyl (C=O) groups is 1. The van der Waals surface area contributed by atoms with Crippen molar-refractivity contribution in [2.24, 2.45) is 0 Å². The molecule has 0 bridgehead atoms. The lowest BCUT2D eigenvalue weighted by Gasteiger charge is -2.34. The molecule has 0 spiro atoms. The first-order valence-corrected chi connectivity index (χ1v) is 15.1. The van der Waals surface area contributed by atoms with Gasteiger partial charge in [0.1, 0.15) is 5.82 Å². The van der Waals surface area contributed by atoms with Gasteiger partial charge in [-0.2, -0.15) is 0 Å². The Hall–Kier alpha value is -3.54. The zero-order valence-electron chi connectivity index (χ0n) is 21.6. The van der Waals surface area contributed by atoms with E-state index < -0.39 is 0 Å². The minimum atomic E-state index is -0.373. The fourth-order valence-corrected chi connectivity index (χ4v) is 6.72. The molecule has 0 N–H and O–H groups in total. The van der Waals surface area contributed by atoms with Crippen molar-refractivity contribution in [3.63, 3.8) is 0 Å². The van der Waals surface area contributed by atoms with Gasteiger partial charge in [0.15, 0.2) is 16.7 Å². The van der Waals surface area contributed by atoms with Crippen LogP contribution in [0.5, 0.6) is 11.5 Å². The van der Waals surface area contributed by atoms with Crippen LogP contribution in [-0.2, 0) is 11.3 Å². The predicted octanol–water partition coefficient (Wildman–Crippen LogP) is 4.38. The number of nitrogens with zero attached hydrogens (tertiary/aromatic N) is 4. The van der Waals surface area contributed by atoms with Crippen LogP contribution in [0.15, 0.2) is 76.7 Å². The number of ether oxygens (including phenoxy) is 2. The minimum Gasteiger partial charge on any atom is -0.454 e. The Balaban J connectivity index is 1.03. The molecule has 1 saturated heterocycles. The van der Waals surface area contributed by atoms with Crippen molar-refractivity contribution >= 4 is 40.3 Å². The van der Waals surface area contributed by atoms with Gasteiger partial charge >= 0.3 is 0 Å². The first-order valence-electron chi connectivity index (χ1n) is 12.9. The molecule has 0 aliphatic carbocycles. The number of thioether (sulfide) groups is 2. The zero-order valence-corrected chi connectivity index (χ0v) is 23.3. The van der Waals surface area contributed by atoms with E-state index in [1.54, 1.807) is 30.3 Å². The van der Waals surface area contributed by atoms with Gasteiger partial charge < -0.3 is 14.4 Å². The van der Waals surface area contributed by atoms with Crippen molar-refractivity contribution in [3.8, 4) is 17.2 Å². The Morgan fingerprint density at radius 1 is 0.950 bits per heavy atom. The molecule has 3 aromatic carbocycles. The average molecular weight is 579 g/mol. The van der Waals surface area contributed by atoms with E-state index in [4.69, 9.17) is 14.5 Å². The van der Waals surface area contributed by atoms with Gasteiger partial charge in [0, 0.05) is 37.8 Å². The summed E-state index contributed by atoms with van der Waals surface area (Å²) < 4.78 is 25.9. The number of hydrogen-bond donors (Lipinski definition) is 0. The fourth-order valence-electron chi connectivity index (χ4n) is 4.79. The van der Waals surface area contributed by atoms with E-state index in [0.29, 0.717) is 45.7 Å². The maximum atomic E-state index is 13.5. The van der Waals surface area contributed by atoms with Crippen LogP contribution in [0, 0.1) is 5.82 Å². The summed E-state index contributed by atoms with van der Waals surface area (Å²) in [4.78, 5) is 35.2. The van der Waals surface area contributed by atoms with Crippen LogP contribution in [0.2, 0.25) is 0 Å². The lowest BCUT2D eigenvalue weighted by atomic mass is 10.1. The van der Waals surface area contributed by atoms with Crippen molar-refractivity contribution in [2.75, 3.05) is 43.8 Å². The van der Waals surface area contributed by atoms with Gasteiger partial charge in [-0.25, -0.2) is 9.37 Å². The number of benzene rings is 3. The topological polar surface area (TPSA) is 76.9 Å². The molecule has 0 radical (unpaired) electrons. The highest BCUT2D eigenvalue weighted by Gasteiger charge is 2.22. The molecule has 2 aliphatic heterocycles. The molecule has 0 unspecified atom stereocenters. The van der Waals surface area contributed by atoms with Crippen molar-refractivity contribution in [3.05, 3.63) is 88.5 Å². The Labute approximate surface area is 239 Å². The molecule has 0 atom stereocenters. The second-order valence-electron chi connectivity index (χ2n) is 9.48. The number of fused-ring (bicyclic) bond motifs is 2. The number of hydrogen-bond acceptors (Lipinski definition) is 8. The summed E-state index contributed by atoms with van der Waals surface area (Å²) in [6.45, 7) is 4.07. The molecule has 11 heteroatoms. The molecule has 1 fully saturated rings. The predicted molar refractivity (Wildman–Crippen MR) is 155 cm³/mol. The lowest BCUT2D eigenvalue weighted by Crippen LogP contribution is -2.48. The molecule has 1 aromatic heterocycles. The summed E-state index contributed by atoms with van der Waals surface area (Å²) in [5.41, 5.74) is 2.11. The number of halogens is 1. The van der Waals surface area contributed by atoms with Crippen LogP contribution in [0.25, 0.3) is 16.6 Å². The number of piperazine rings is 1. The quantitative estimate of drug-likeness (QED) is 0.132. The van der Waals surface area contributed by atoms with Gasteiger partial charge in [0.25, 0.3) is 5.56 Å². The Kier molecular flexibility index (Phi) is 7.94. The van der Waals surface area contributed by atoms with Crippen molar-refractivity contribution in [1.29, 1.82) is 0 Å².